The molecule has 0 fully saturated rings. The highest BCUT2D eigenvalue weighted by Gasteiger charge is 2.22. The molecule has 88 valence electrons. The summed E-state index contributed by atoms with van der Waals surface area (Å²) in [5.74, 6) is -0.500. The van der Waals surface area contributed by atoms with E-state index in [9.17, 15) is 14.4 Å². The van der Waals surface area contributed by atoms with Crippen molar-refractivity contribution in [1.29, 1.82) is 0 Å². The van der Waals surface area contributed by atoms with Crippen LogP contribution >= 0.6 is 9.39 Å². The first-order chi connectivity index (χ1) is 7.65. The summed E-state index contributed by atoms with van der Waals surface area (Å²) >= 11 is 0. The second kappa shape index (κ2) is 6.38. The van der Waals surface area contributed by atoms with Crippen LogP contribution < -0.4 is 5.09 Å². The van der Waals surface area contributed by atoms with Crippen LogP contribution in [0.5, 0.6) is 0 Å². The molecule has 1 aliphatic rings. The van der Waals surface area contributed by atoms with Gasteiger partial charge in [-0.2, -0.15) is 0 Å². The van der Waals surface area contributed by atoms with Crippen LogP contribution in [0.2, 0.25) is 0 Å². The molecule has 1 atom stereocenters. The minimum absolute atomic E-state index is 0.0139. The first-order valence-electron chi connectivity index (χ1n) is 5.18. The van der Waals surface area contributed by atoms with Crippen LogP contribution in [0.25, 0.3) is 0 Å². The van der Waals surface area contributed by atoms with Crippen LogP contribution in [0.3, 0.4) is 0 Å². The molecule has 16 heavy (non-hydrogen) atoms. The molecule has 1 rings (SSSR count). The van der Waals surface area contributed by atoms with E-state index in [-0.39, 0.29) is 17.7 Å². The van der Waals surface area contributed by atoms with Gasteiger partial charge in [0.05, 0.1) is 0 Å². The second-order valence-electron chi connectivity index (χ2n) is 3.54. The van der Waals surface area contributed by atoms with Crippen molar-refractivity contribution >= 4 is 27.1 Å². The zero-order valence-electron chi connectivity index (χ0n) is 8.94. The molecule has 0 aromatic heterocycles. The maximum atomic E-state index is 11.2. The van der Waals surface area contributed by atoms with Gasteiger partial charge in [0.25, 0.3) is 11.8 Å². The van der Waals surface area contributed by atoms with Gasteiger partial charge in [-0.15, -0.1) is 0 Å². The third-order valence-corrected chi connectivity index (χ3v) is 2.67. The van der Waals surface area contributed by atoms with E-state index in [2.05, 4.69) is 14.5 Å². The standard InChI is InChI=1S/C10H15N2O3P/c13-8(11-16)4-2-1-3-7-12-9(14)5-6-10(12)15/h5-6H,1-4,7,16H2,(H,11,13). The number of carbonyl (C=O) groups excluding carboxylic acids is 3. The van der Waals surface area contributed by atoms with Gasteiger partial charge in [0, 0.05) is 25.1 Å². The summed E-state index contributed by atoms with van der Waals surface area (Å²) in [4.78, 5) is 34.4. The Morgan fingerprint density at radius 3 is 2.38 bits per heavy atom. The highest BCUT2D eigenvalue weighted by Crippen LogP contribution is 2.07. The van der Waals surface area contributed by atoms with Gasteiger partial charge >= 0.3 is 0 Å². The van der Waals surface area contributed by atoms with Gasteiger partial charge in [0.15, 0.2) is 0 Å². The number of rotatable bonds is 6. The maximum absolute atomic E-state index is 11.2. The van der Waals surface area contributed by atoms with Crippen LogP contribution in [-0.2, 0) is 14.4 Å². The van der Waals surface area contributed by atoms with E-state index in [1.54, 1.807) is 0 Å². The quantitative estimate of drug-likeness (QED) is 0.416. The van der Waals surface area contributed by atoms with E-state index in [0.29, 0.717) is 13.0 Å². The van der Waals surface area contributed by atoms with Crippen molar-refractivity contribution in [2.75, 3.05) is 6.54 Å². The SMILES string of the molecule is O=C(CCCCCN1C(=O)C=CC1=O)NP. The predicted octanol–water partition coefficient (Wildman–Crippen LogP) is 0.378. The lowest BCUT2D eigenvalue weighted by molar-refractivity contribution is -0.136. The van der Waals surface area contributed by atoms with Crippen LogP contribution in [0.4, 0.5) is 0 Å². The zero-order valence-corrected chi connectivity index (χ0v) is 10.1. The molecule has 1 aliphatic heterocycles. The van der Waals surface area contributed by atoms with Crippen LogP contribution in [0, 0.1) is 0 Å². The molecule has 0 aromatic rings. The third kappa shape index (κ3) is 3.74. The maximum Gasteiger partial charge on any atom is 0.253 e. The average molecular weight is 242 g/mol. The van der Waals surface area contributed by atoms with Gasteiger partial charge in [-0.3, -0.25) is 19.3 Å². The van der Waals surface area contributed by atoms with Crippen molar-refractivity contribution in [3.63, 3.8) is 0 Å². The smallest absolute Gasteiger partial charge is 0.253 e. The summed E-state index contributed by atoms with van der Waals surface area (Å²) in [6, 6.07) is 0. The fourth-order valence-electron chi connectivity index (χ4n) is 1.46. The first-order valence-corrected chi connectivity index (χ1v) is 5.76. The Labute approximate surface area is 96.5 Å². The molecular weight excluding hydrogens is 227 g/mol. The average Bonchev–Trinajstić information content (AvgIpc) is 2.59. The van der Waals surface area contributed by atoms with Crippen molar-refractivity contribution in [3.05, 3.63) is 12.2 Å². The largest absolute Gasteiger partial charge is 0.341 e. The number of nitrogens with zero attached hydrogens (tertiary/aromatic N) is 1. The highest BCUT2D eigenvalue weighted by molar-refractivity contribution is 7.15. The van der Waals surface area contributed by atoms with Crippen molar-refractivity contribution in [2.24, 2.45) is 0 Å². The molecule has 0 spiro atoms. The highest BCUT2D eigenvalue weighted by atomic mass is 31.0. The zero-order chi connectivity index (χ0) is 12.0. The van der Waals surface area contributed by atoms with Gasteiger partial charge in [0.1, 0.15) is 0 Å². The van der Waals surface area contributed by atoms with E-state index < -0.39 is 0 Å². The number of carbonyl (C=O) groups is 3. The molecule has 1 heterocycles. The monoisotopic (exact) mass is 242 g/mol. The van der Waals surface area contributed by atoms with Crippen molar-refractivity contribution in [2.45, 2.75) is 25.7 Å². The summed E-state index contributed by atoms with van der Waals surface area (Å²) in [7, 11) is 2.16. The molecule has 6 heteroatoms. The molecule has 0 aliphatic carbocycles. The molecule has 3 amide bonds. The Hall–Kier alpha value is -1.22. The van der Waals surface area contributed by atoms with Crippen molar-refractivity contribution in [3.8, 4) is 0 Å². The molecule has 1 unspecified atom stereocenters. The Morgan fingerprint density at radius 2 is 1.81 bits per heavy atom. The normalized spacial score (nSPS) is 14.7. The Morgan fingerprint density at radius 1 is 1.19 bits per heavy atom. The molecule has 0 bridgehead atoms. The first kappa shape index (κ1) is 12.8. The lowest BCUT2D eigenvalue weighted by Crippen LogP contribution is -2.30. The van der Waals surface area contributed by atoms with E-state index in [4.69, 9.17) is 0 Å². The van der Waals surface area contributed by atoms with Crippen molar-refractivity contribution in [1.82, 2.24) is 9.99 Å². The second-order valence-corrected chi connectivity index (χ2v) is 3.83. The van der Waals surface area contributed by atoms with Gasteiger partial charge in [0.2, 0.25) is 5.91 Å². The van der Waals surface area contributed by atoms with Crippen LogP contribution in [0.15, 0.2) is 12.2 Å². The lowest BCUT2D eigenvalue weighted by atomic mass is 10.2. The van der Waals surface area contributed by atoms with Gasteiger partial charge < -0.3 is 5.09 Å². The van der Waals surface area contributed by atoms with E-state index in [1.165, 1.54) is 17.1 Å². The summed E-state index contributed by atoms with van der Waals surface area (Å²) in [5.41, 5.74) is 0. The summed E-state index contributed by atoms with van der Waals surface area (Å²) < 4.78 is 0. The summed E-state index contributed by atoms with van der Waals surface area (Å²) in [6.45, 7) is 0.438. The molecule has 0 aromatic carbocycles. The molecule has 0 saturated heterocycles. The predicted molar refractivity (Wildman–Crippen MR) is 62.2 cm³/mol. The summed E-state index contributed by atoms with van der Waals surface area (Å²) in [5, 5.41) is 2.46. The van der Waals surface area contributed by atoms with Crippen LogP contribution in [0.1, 0.15) is 25.7 Å². The molecule has 1 N–H and O–H groups in total. The van der Waals surface area contributed by atoms with Gasteiger partial charge in [-0.1, -0.05) is 6.42 Å². The lowest BCUT2D eigenvalue weighted by Gasteiger charge is -2.12. The van der Waals surface area contributed by atoms with E-state index >= 15 is 0 Å². The minimum Gasteiger partial charge on any atom is -0.341 e. The fourth-order valence-corrected chi connectivity index (χ4v) is 1.60. The molecule has 5 nitrogen and oxygen atoms in total. The topological polar surface area (TPSA) is 66.5 Å². The van der Waals surface area contributed by atoms with E-state index in [0.717, 1.165) is 19.3 Å². The number of nitrogens with one attached hydrogen (secondary N) is 1. The van der Waals surface area contributed by atoms with E-state index in [1.807, 2.05) is 0 Å². The Balaban J connectivity index is 2.10. The molecule has 0 radical (unpaired) electrons. The number of imide groups is 1. The molecular formula is C10H15N2O3P. The fraction of sp³-hybridized carbons (Fsp3) is 0.500. The van der Waals surface area contributed by atoms with Gasteiger partial charge in [-0.05, 0) is 22.2 Å². The molecule has 0 saturated carbocycles. The minimum atomic E-state index is -0.243. The van der Waals surface area contributed by atoms with Gasteiger partial charge in [-0.25, -0.2) is 0 Å². The number of hydrogen-bond acceptors (Lipinski definition) is 3. The third-order valence-electron chi connectivity index (χ3n) is 2.35. The van der Waals surface area contributed by atoms with Crippen LogP contribution in [-0.4, -0.2) is 29.2 Å². The Bertz CT molecular complexity index is 310. The summed E-state index contributed by atoms with van der Waals surface area (Å²) in [6.07, 6.45) is 5.38. The number of amides is 3. The van der Waals surface area contributed by atoms with Crippen molar-refractivity contribution < 1.29 is 14.4 Å². The number of unbranched alkanes of at least 4 members (excludes halogenated alkanes) is 2. The number of hydrogen-bond donors (Lipinski definition) is 1. The Kier molecular flexibility index (Phi) is 5.12.